The van der Waals surface area contributed by atoms with Crippen LogP contribution < -0.4 is 0 Å². The molecule has 2 aromatic heterocycles. The summed E-state index contributed by atoms with van der Waals surface area (Å²) in [5.41, 5.74) is 1.30. The Morgan fingerprint density at radius 3 is 2.56 bits per heavy atom. The van der Waals surface area contributed by atoms with Gasteiger partial charge in [0.2, 0.25) is 0 Å². The van der Waals surface area contributed by atoms with Crippen LogP contribution in [0.4, 0.5) is 0 Å². The predicted molar refractivity (Wildman–Crippen MR) is 99.7 cm³/mol. The number of amides is 1. The smallest absolute Gasteiger partial charge is 0.272 e. The molecule has 3 aromatic rings. The van der Waals surface area contributed by atoms with Gasteiger partial charge in [-0.05, 0) is 41.8 Å². The zero-order chi connectivity index (χ0) is 17.6. The lowest BCUT2D eigenvalue weighted by Gasteiger charge is -2.20. The van der Waals surface area contributed by atoms with E-state index in [0.29, 0.717) is 24.6 Å². The standard InChI is InChI=1S/C18H19N5OS/c1-3-22(4-2)18(24)16(13-15-11-8-12-25-15)23-17(19-20-21-23)14-9-6-5-7-10-14/h5-13H,3-4H2,1-2H3/b16-13-. The van der Waals surface area contributed by atoms with Crippen LogP contribution in [0.15, 0.2) is 47.8 Å². The maximum atomic E-state index is 13.1. The lowest BCUT2D eigenvalue weighted by Crippen LogP contribution is -2.33. The maximum absolute atomic E-state index is 13.1. The number of carbonyl (C=O) groups excluding carboxylic acids is 1. The summed E-state index contributed by atoms with van der Waals surface area (Å²) in [7, 11) is 0. The molecular weight excluding hydrogens is 334 g/mol. The Kier molecular flexibility index (Phi) is 5.35. The number of thiophene rings is 1. The first kappa shape index (κ1) is 17.0. The molecule has 3 rings (SSSR count). The van der Waals surface area contributed by atoms with E-state index >= 15 is 0 Å². The molecule has 0 aliphatic carbocycles. The van der Waals surface area contributed by atoms with Gasteiger partial charge in [-0.3, -0.25) is 4.79 Å². The van der Waals surface area contributed by atoms with E-state index in [1.807, 2.05) is 67.8 Å². The van der Waals surface area contributed by atoms with Gasteiger partial charge in [-0.15, -0.1) is 16.4 Å². The van der Waals surface area contributed by atoms with Gasteiger partial charge in [-0.1, -0.05) is 36.4 Å². The van der Waals surface area contributed by atoms with Crippen molar-refractivity contribution in [2.24, 2.45) is 0 Å². The summed E-state index contributed by atoms with van der Waals surface area (Å²) >= 11 is 1.57. The molecule has 1 aromatic carbocycles. The van der Waals surface area contributed by atoms with Crippen molar-refractivity contribution in [3.63, 3.8) is 0 Å². The van der Waals surface area contributed by atoms with Crippen LogP contribution >= 0.6 is 11.3 Å². The minimum absolute atomic E-state index is 0.0946. The number of tetrazole rings is 1. The fraction of sp³-hybridized carbons (Fsp3) is 0.222. The quantitative estimate of drug-likeness (QED) is 0.638. The van der Waals surface area contributed by atoms with Gasteiger partial charge in [0.1, 0.15) is 5.70 Å². The SMILES string of the molecule is CCN(CC)C(=O)/C(=C/c1cccs1)n1nnnc1-c1ccccc1. The molecule has 6 nitrogen and oxygen atoms in total. The number of nitrogens with zero attached hydrogens (tertiary/aromatic N) is 5. The molecule has 0 saturated heterocycles. The summed E-state index contributed by atoms with van der Waals surface area (Å²) < 4.78 is 1.52. The summed E-state index contributed by atoms with van der Waals surface area (Å²) in [4.78, 5) is 15.8. The van der Waals surface area contributed by atoms with E-state index in [9.17, 15) is 4.79 Å². The van der Waals surface area contributed by atoms with E-state index in [1.165, 1.54) is 4.68 Å². The van der Waals surface area contributed by atoms with Gasteiger partial charge < -0.3 is 4.90 Å². The topological polar surface area (TPSA) is 63.9 Å². The fourth-order valence-electron chi connectivity index (χ4n) is 2.51. The van der Waals surface area contributed by atoms with E-state index in [2.05, 4.69) is 15.5 Å². The van der Waals surface area contributed by atoms with Crippen molar-refractivity contribution in [3.8, 4) is 11.4 Å². The van der Waals surface area contributed by atoms with Crippen LogP contribution in [0.3, 0.4) is 0 Å². The molecule has 0 aliphatic heterocycles. The first-order valence-corrected chi connectivity index (χ1v) is 9.01. The molecule has 0 radical (unpaired) electrons. The minimum atomic E-state index is -0.0946. The highest BCUT2D eigenvalue weighted by molar-refractivity contribution is 7.10. The summed E-state index contributed by atoms with van der Waals surface area (Å²) in [6.07, 6.45) is 1.84. The second-order valence-corrected chi connectivity index (χ2v) is 6.28. The predicted octanol–water partition coefficient (Wildman–Crippen LogP) is 3.27. The number of carbonyl (C=O) groups is 1. The van der Waals surface area contributed by atoms with Gasteiger partial charge in [0, 0.05) is 23.5 Å². The number of likely N-dealkylation sites (N-methyl/N-ethyl adjacent to an activating group) is 1. The molecule has 0 aliphatic rings. The summed E-state index contributed by atoms with van der Waals surface area (Å²) in [6, 6.07) is 13.5. The average Bonchev–Trinajstić information content (AvgIpc) is 3.33. The third-order valence-corrected chi connectivity index (χ3v) is 4.64. The molecule has 0 unspecified atom stereocenters. The molecule has 0 N–H and O–H groups in total. The molecule has 2 heterocycles. The second-order valence-electron chi connectivity index (χ2n) is 5.30. The van der Waals surface area contributed by atoms with E-state index in [1.54, 1.807) is 16.2 Å². The van der Waals surface area contributed by atoms with Crippen LogP contribution in [0.5, 0.6) is 0 Å². The molecule has 0 saturated carbocycles. The number of hydrogen-bond donors (Lipinski definition) is 0. The highest BCUT2D eigenvalue weighted by Crippen LogP contribution is 2.23. The molecule has 0 fully saturated rings. The van der Waals surface area contributed by atoms with E-state index < -0.39 is 0 Å². The van der Waals surface area contributed by atoms with Crippen LogP contribution in [-0.4, -0.2) is 44.1 Å². The van der Waals surface area contributed by atoms with Gasteiger partial charge in [-0.25, -0.2) is 0 Å². The number of aromatic nitrogens is 4. The largest absolute Gasteiger partial charge is 0.338 e. The van der Waals surface area contributed by atoms with Crippen LogP contribution in [0.25, 0.3) is 23.2 Å². The zero-order valence-corrected chi connectivity index (χ0v) is 15.0. The van der Waals surface area contributed by atoms with Crippen molar-refractivity contribution in [2.75, 3.05) is 13.1 Å². The Hall–Kier alpha value is -2.80. The normalized spacial score (nSPS) is 11.5. The third-order valence-electron chi connectivity index (χ3n) is 3.82. The molecular formula is C18H19N5OS. The van der Waals surface area contributed by atoms with Gasteiger partial charge in [0.25, 0.3) is 5.91 Å². The average molecular weight is 353 g/mol. The highest BCUT2D eigenvalue weighted by atomic mass is 32.1. The lowest BCUT2D eigenvalue weighted by atomic mass is 10.2. The Labute approximate surface area is 150 Å². The van der Waals surface area contributed by atoms with Crippen LogP contribution in [0.1, 0.15) is 18.7 Å². The molecule has 128 valence electrons. The zero-order valence-electron chi connectivity index (χ0n) is 14.2. The van der Waals surface area contributed by atoms with Gasteiger partial charge in [-0.2, -0.15) is 4.68 Å². The fourth-order valence-corrected chi connectivity index (χ4v) is 3.16. The Morgan fingerprint density at radius 2 is 1.92 bits per heavy atom. The lowest BCUT2D eigenvalue weighted by molar-refractivity contribution is -0.125. The highest BCUT2D eigenvalue weighted by Gasteiger charge is 2.22. The van der Waals surface area contributed by atoms with Crippen molar-refractivity contribution in [2.45, 2.75) is 13.8 Å². The number of hydrogen-bond acceptors (Lipinski definition) is 5. The molecule has 7 heteroatoms. The molecule has 0 spiro atoms. The summed E-state index contributed by atoms with van der Waals surface area (Å²) in [5.74, 6) is 0.451. The Bertz CT molecular complexity index is 851. The third kappa shape index (κ3) is 3.66. The second kappa shape index (κ2) is 7.85. The van der Waals surface area contributed by atoms with Gasteiger partial charge >= 0.3 is 0 Å². The summed E-state index contributed by atoms with van der Waals surface area (Å²) in [6.45, 7) is 5.17. The van der Waals surface area contributed by atoms with Crippen molar-refractivity contribution in [3.05, 3.63) is 52.7 Å². The monoisotopic (exact) mass is 353 g/mol. The van der Waals surface area contributed by atoms with Crippen LogP contribution in [-0.2, 0) is 4.79 Å². The minimum Gasteiger partial charge on any atom is -0.338 e. The van der Waals surface area contributed by atoms with Crippen LogP contribution in [0.2, 0.25) is 0 Å². The van der Waals surface area contributed by atoms with Crippen molar-refractivity contribution in [1.82, 2.24) is 25.1 Å². The van der Waals surface area contributed by atoms with Crippen molar-refractivity contribution < 1.29 is 4.79 Å². The first-order valence-electron chi connectivity index (χ1n) is 8.13. The number of benzene rings is 1. The molecule has 0 bridgehead atoms. The Morgan fingerprint density at radius 1 is 1.16 bits per heavy atom. The Balaban J connectivity index is 2.11. The first-order chi connectivity index (χ1) is 12.2. The molecule has 1 amide bonds. The molecule has 0 atom stereocenters. The van der Waals surface area contributed by atoms with E-state index in [-0.39, 0.29) is 5.91 Å². The van der Waals surface area contributed by atoms with E-state index in [4.69, 9.17) is 0 Å². The number of rotatable bonds is 6. The summed E-state index contributed by atoms with van der Waals surface area (Å²) in [5, 5.41) is 14.0. The van der Waals surface area contributed by atoms with Gasteiger partial charge in [0.15, 0.2) is 5.82 Å². The molecule has 25 heavy (non-hydrogen) atoms. The van der Waals surface area contributed by atoms with E-state index in [0.717, 1.165) is 10.4 Å². The van der Waals surface area contributed by atoms with Crippen molar-refractivity contribution in [1.29, 1.82) is 0 Å². The van der Waals surface area contributed by atoms with Crippen LogP contribution in [0, 0.1) is 0 Å². The van der Waals surface area contributed by atoms with Gasteiger partial charge in [0.05, 0.1) is 0 Å². The maximum Gasteiger partial charge on any atom is 0.272 e. The van der Waals surface area contributed by atoms with Crippen molar-refractivity contribution >= 4 is 29.0 Å².